The van der Waals surface area contributed by atoms with Gasteiger partial charge in [-0.1, -0.05) is 48.5 Å². The van der Waals surface area contributed by atoms with Crippen molar-refractivity contribution in [1.82, 2.24) is 10.6 Å². The van der Waals surface area contributed by atoms with E-state index in [1.807, 2.05) is 30.3 Å². The minimum Gasteiger partial charge on any atom is -0.454 e. The second-order valence-electron chi connectivity index (χ2n) is 4.97. The summed E-state index contributed by atoms with van der Waals surface area (Å²) in [4.78, 5) is 34.9. The first-order valence-corrected chi connectivity index (χ1v) is 7.44. The fourth-order valence-electron chi connectivity index (χ4n) is 1.89. The molecule has 124 valence electrons. The van der Waals surface area contributed by atoms with Crippen LogP contribution in [0.4, 0.5) is 0 Å². The van der Waals surface area contributed by atoms with Crippen molar-refractivity contribution in [2.24, 2.45) is 0 Å². The lowest BCUT2D eigenvalue weighted by atomic mass is 10.2. The molecule has 2 amide bonds. The molecule has 2 N–H and O–H groups in total. The predicted octanol–water partition coefficient (Wildman–Crippen LogP) is 1.28. The molecule has 0 aliphatic rings. The summed E-state index contributed by atoms with van der Waals surface area (Å²) in [5.74, 6) is -1.45. The molecule has 0 bridgehead atoms. The van der Waals surface area contributed by atoms with Crippen LogP contribution in [0.1, 0.15) is 15.9 Å². The Morgan fingerprint density at radius 1 is 0.833 bits per heavy atom. The van der Waals surface area contributed by atoms with Gasteiger partial charge in [-0.25, -0.2) is 0 Å². The van der Waals surface area contributed by atoms with Crippen LogP contribution in [0.25, 0.3) is 0 Å². The Kier molecular flexibility index (Phi) is 6.52. The quantitative estimate of drug-likeness (QED) is 0.751. The number of nitrogens with one attached hydrogen (secondary N) is 2. The molecule has 0 fully saturated rings. The van der Waals surface area contributed by atoms with Crippen LogP contribution in [0, 0.1) is 0 Å². The van der Waals surface area contributed by atoms with E-state index in [1.54, 1.807) is 30.3 Å². The summed E-state index contributed by atoms with van der Waals surface area (Å²) in [7, 11) is 0. The van der Waals surface area contributed by atoms with Crippen molar-refractivity contribution in [3.8, 4) is 0 Å². The Balaban J connectivity index is 1.64. The molecule has 2 aromatic rings. The van der Waals surface area contributed by atoms with Crippen LogP contribution in [0.15, 0.2) is 60.7 Å². The van der Waals surface area contributed by atoms with Crippen LogP contribution in [-0.4, -0.2) is 30.9 Å². The predicted molar refractivity (Wildman–Crippen MR) is 88.0 cm³/mol. The lowest BCUT2D eigenvalue weighted by molar-refractivity contribution is -0.147. The molecular formula is C18H18N2O4. The van der Waals surface area contributed by atoms with Crippen molar-refractivity contribution in [1.29, 1.82) is 0 Å². The van der Waals surface area contributed by atoms with Crippen molar-refractivity contribution in [3.05, 3.63) is 71.8 Å². The van der Waals surface area contributed by atoms with E-state index in [0.29, 0.717) is 12.1 Å². The molecule has 6 heteroatoms. The van der Waals surface area contributed by atoms with Crippen molar-refractivity contribution in [2.75, 3.05) is 13.2 Å². The molecule has 0 spiro atoms. The maximum atomic E-state index is 11.7. The smallest absolute Gasteiger partial charge is 0.325 e. The highest BCUT2D eigenvalue weighted by molar-refractivity contribution is 5.96. The first kappa shape index (κ1) is 17.2. The van der Waals surface area contributed by atoms with Gasteiger partial charge in [0.1, 0.15) is 6.54 Å². The molecule has 0 atom stereocenters. The zero-order valence-electron chi connectivity index (χ0n) is 13.0. The van der Waals surface area contributed by atoms with E-state index in [4.69, 9.17) is 4.74 Å². The molecule has 0 saturated carbocycles. The van der Waals surface area contributed by atoms with E-state index in [9.17, 15) is 14.4 Å². The van der Waals surface area contributed by atoms with Crippen molar-refractivity contribution in [2.45, 2.75) is 6.54 Å². The van der Waals surface area contributed by atoms with Gasteiger partial charge < -0.3 is 15.4 Å². The topological polar surface area (TPSA) is 84.5 Å². The number of amides is 2. The number of benzene rings is 2. The van der Waals surface area contributed by atoms with Crippen molar-refractivity contribution >= 4 is 17.8 Å². The molecule has 0 aliphatic carbocycles. The van der Waals surface area contributed by atoms with E-state index in [0.717, 1.165) is 5.56 Å². The molecule has 0 radical (unpaired) electrons. The van der Waals surface area contributed by atoms with Gasteiger partial charge in [-0.15, -0.1) is 0 Å². The van der Waals surface area contributed by atoms with Gasteiger partial charge in [0.05, 0.1) is 0 Å². The fourth-order valence-corrected chi connectivity index (χ4v) is 1.89. The molecule has 6 nitrogen and oxygen atoms in total. The molecule has 0 unspecified atom stereocenters. The van der Waals surface area contributed by atoms with E-state index < -0.39 is 11.9 Å². The summed E-state index contributed by atoms with van der Waals surface area (Å²) in [6, 6.07) is 17.9. The fraction of sp³-hybridized carbons (Fsp3) is 0.167. The highest BCUT2D eigenvalue weighted by Crippen LogP contribution is 1.98. The summed E-state index contributed by atoms with van der Waals surface area (Å²) >= 11 is 0. The molecule has 0 aliphatic heterocycles. The zero-order chi connectivity index (χ0) is 17.2. The summed E-state index contributed by atoms with van der Waals surface area (Å²) < 4.78 is 4.81. The standard InChI is InChI=1S/C18H18N2O4/c21-16(19-11-14-7-3-1-4-8-14)13-24-17(22)12-20-18(23)15-9-5-2-6-10-15/h1-10H,11-13H2,(H,19,21)(H,20,23). The van der Waals surface area contributed by atoms with E-state index in [2.05, 4.69) is 10.6 Å². The lowest BCUT2D eigenvalue weighted by Gasteiger charge is -2.07. The number of hydrogen-bond donors (Lipinski definition) is 2. The van der Waals surface area contributed by atoms with Gasteiger partial charge in [-0.3, -0.25) is 14.4 Å². The van der Waals surface area contributed by atoms with Crippen LogP contribution in [-0.2, 0) is 20.9 Å². The molecule has 24 heavy (non-hydrogen) atoms. The van der Waals surface area contributed by atoms with Crippen LogP contribution >= 0.6 is 0 Å². The molecule has 0 saturated heterocycles. The summed E-state index contributed by atoms with van der Waals surface area (Å²) in [6.45, 7) is -0.311. The normalized spacial score (nSPS) is 9.83. The van der Waals surface area contributed by atoms with E-state index in [-0.39, 0.29) is 19.1 Å². The van der Waals surface area contributed by atoms with Gasteiger partial charge in [0.15, 0.2) is 6.61 Å². The number of carbonyl (C=O) groups excluding carboxylic acids is 3. The first-order chi connectivity index (χ1) is 11.6. The van der Waals surface area contributed by atoms with Gasteiger partial charge in [-0.2, -0.15) is 0 Å². The third-order valence-corrected chi connectivity index (χ3v) is 3.13. The van der Waals surface area contributed by atoms with Gasteiger partial charge >= 0.3 is 5.97 Å². The van der Waals surface area contributed by atoms with Gasteiger partial charge in [0.25, 0.3) is 11.8 Å². The number of rotatable bonds is 7. The molecule has 0 aromatic heterocycles. The second-order valence-corrected chi connectivity index (χ2v) is 4.97. The molecule has 0 heterocycles. The average Bonchev–Trinajstić information content (AvgIpc) is 2.64. The number of carbonyl (C=O) groups is 3. The zero-order valence-corrected chi connectivity index (χ0v) is 13.0. The van der Waals surface area contributed by atoms with Gasteiger partial charge in [-0.05, 0) is 17.7 Å². The molecule has 2 aromatic carbocycles. The van der Waals surface area contributed by atoms with Crippen LogP contribution < -0.4 is 10.6 Å². The minimum atomic E-state index is -0.672. The number of esters is 1. The summed E-state index contributed by atoms with van der Waals surface area (Å²) in [5, 5.41) is 5.08. The Labute approximate surface area is 139 Å². The SMILES string of the molecule is O=C(COC(=O)CNC(=O)c1ccccc1)NCc1ccccc1. The average molecular weight is 326 g/mol. The Hall–Kier alpha value is -3.15. The van der Waals surface area contributed by atoms with Gasteiger partial charge in [0, 0.05) is 12.1 Å². The minimum absolute atomic E-state index is 0.292. The number of ether oxygens (including phenoxy) is 1. The molecule has 2 rings (SSSR count). The van der Waals surface area contributed by atoms with Crippen molar-refractivity contribution in [3.63, 3.8) is 0 Å². The van der Waals surface area contributed by atoms with Gasteiger partial charge in [0.2, 0.25) is 0 Å². The highest BCUT2D eigenvalue weighted by Gasteiger charge is 2.10. The maximum Gasteiger partial charge on any atom is 0.325 e. The second kappa shape index (κ2) is 9.09. The van der Waals surface area contributed by atoms with E-state index in [1.165, 1.54) is 0 Å². The summed E-state index contributed by atoms with van der Waals surface area (Å²) in [6.07, 6.45) is 0. The largest absolute Gasteiger partial charge is 0.454 e. The number of hydrogen-bond acceptors (Lipinski definition) is 4. The Morgan fingerprint density at radius 2 is 1.46 bits per heavy atom. The molecular weight excluding hydrogens is 308 g/mol. The lowest BCUT2D eigenvalue weighted by Crippen LogP contribution is -2.33. The monoisotopic (exact) mass is 326 g/mol. The maximum absolute atomic E-state index is 11.7. The third kappa shape index (κ3) is 5.92. The Bertz CT molecular complexity index is 687. The van der Waals surface area contributed by atoms with Crippen molar-refractivity contribution < 1.29 is 19.1 Å². The third-order valence-electron chi connectivity index (χ3n) is 3.13. The summed E-state index contributed by atoms with van der Waals surface area (Å²) in [5.41, 5.74) is 1.40. The Morgan fingerprint density at radius 3 is 2.12 bits per heavy atom. The van der Waals surface area contributed by atoms with Crippen LogP contribution in [0.5, 0.6) is 0 Å². The first-order valence-electron chi connectivity index (χ1n) is 7.44. The van der Waals surface area contributed by atoms with E-state index >= 15 is 0 Å². The van der Waals surface area contributed by atoms with Crippen LogP contribution in [0.2, 0.25) is 0 Å². The van der Waals surface area contributed by atoms with Crippen LogP contribution in [0.3, 0.4) is 0 Å². The highest BCUT2D eigenvalue weighted by atomic mass is 16.5.